The van der Waals surface area contributed by atoms with Crippen molar-refractivity contribution in [3.05, 3.63) is 58.5 Å². The van der Waals surface area contributed by atoms with Gasteiger partial charge < -0.3 is 35.9 Å². The van der Waals surface area contributed by atoms with Crippen molar-refractivity contribution in [1.82, 2.24) is 29.8 Å². The number of primary amides is 1. The van der Waals surface area contributed by atoms with Crippen LogP contribution in [-0.4, -0.2) is 100 Å². The van der Waals surface area contributed by atoms with Crippen molar-refractivity contribution in [3.8, 4) is 0 Å². The van der Waals surface area contributed by atoms with Gasteiger partial charge in [-0.2, -0.15) is 5.10 Å². The number of anilines is 1. The molecule has 5 rings (SSSR count). The minimum Gasteiger partial charge on any atom is -0.364 e. The number of hydrogen-bond donors (Lipinski definition) is 3. The molecule has 45 heavy (non-hydrogen) atoms. The van der Waals surface area contributed by atoms with Crippen LogP contribution in [0, 0.1) is 5.82 Å². The first-order chi connectivity index (χ1) is 21.6. The Kier molecular flexibility index (Phi) is 10.0. The molecule has 0 radical (unpaired) electrons. The molecule has 1 aliphatic carbocycles. The lowest BCUT2D eigenvalue weighted by molar-refractivity contribution is -0.137. The number of nitrogens with one attached hydrogen (secondary N) is 2. The second-order valence-electron chi connectivity index (χ2n) is 11.8. The summed E-state index contributed by atoms with van der Waals surface area (Å²) in [6.07, 6.45) is 4.13. The fraction of sp³-hybridized carbons (Fsp3) is 0.452. The molecule has 0 spiro atoms. The number of carbonyl (C=O) groups is 4. The van der Waals surface area contributed by atoms with Gasteiger partial charge in [-0.3, -0.25) is 14.3 Å². The molecule has 1 saturated carbocycles. The second-order valence-corrected chi connectivity index (χ2v) is 12.2. The highest BCUT2D eigenvalue weighted by Crippen LogP contribution is 2.30. The van der Waals surface area contributed by atoms with Crippen molar-refractivity contribution < 1.29 is 23.6 Å². The zero-order chi connectivity index (χ0) is 32.2. The number of fused-ring (bicyclic) bond motifs is 1. The molecule has 14 heteroatoms. The number of nitrogens with zero attached hydrogens (tertiary/aromatic N) is 5. The molecule has 1 aliphatic heterocycles. The molecule has 2 atom stereocenters. The monoisotopic (exact) mass is 640 g/mol. The van der Waals surface area contributed by atoms with Crippen LogP contribution in [0.3, 0.4) is 0 Å². The van der Waals surface area contributed by atoms with Crippen LogP contribution in [0.25, 0.3) is 10.9 Å². The van der Waals surface area contributed by atoms with E-state index in [1.807, 2.05) is 14.1 Å². The van der Waals surface area contributed by atoms with E-state index >= 15 is 0 Å². The number of halogens is 2. The first-order valence-corrected chi connectivity index (χ1v) is 15.4. The lowest BCUT2D eigenvalue weighted by Crippen LogP contribution is -2.49. The maximum absolute atomic E-state index is 14.3. The quantitative estimate of drug-likeness (QED) is 0.258. The molecular weight excluding hydrogens is 603 g/mol. The fourth-order valence-electron chi connectivity index (χ4n) is 5.80. The summed E-state index contributed by atoms with van der Waals surface area (Å²) >= 11 is 5.87. The van der Waals surface area contributed by atoms with Crippen molar-refractivity contribution in [2.75, 3.05) is 39.0 Å². The van der Waals surface area contributed by atoms with Gasteiger partial charge in [-0.05, 0) is 64.0 Å². The van der Waals surface area contributed by atoms with E-state index in [-0.39, 0.29) is 54.4 Å². The molecule has 2 heterocycles. The number of nitrogens with two attached hydrogens (primary N) is 1. The number of rotatable bonds is 12. The Balaban J connectivity index is 1.30. The van der Waals surface area contributed by atoms with Gasteiger partial charge in [-0.15, -0.1) is 0 Å². The molecule has 2 fully saturated rings. The summed E-state index contributed by atoms with van der Waals surface area (Å²) in [6, 6.07) is 8.81. The van der Waals surface area contributed by atoms with Gasteiger partial charge in [0, 0.05) is 54.9 Å². The van der Waals surface area contributed by atoms with E-state index in [9.17, 15) is 23.6 Å². The maximum atomic E-state index is 14.3. The molecule has 3 aromatic rings. The van der Waals surface area contributed by atoms with E-state index in [4.69, 9.17) is 17.3 Å². The van der Waals surface area contributed by atoms with Gasteiger partial charge in [0.1, 0.15) is 24.7 Å². The average Bonchev–Trinajstić information content (AvgIpc) is 3.79. The fourth-order valence-corrected chi connectivity index (χ4v) is 5.99. The number of amides is 4. The summed E-state index contributed by atoms with van der Waals surface area (Å²) in [7, 11) is 4.00. The summed E-state index contributed by atoms with van der Waals surface area (Å²) < 4.78 is 15.7. The predicted octanol–water partition coefficient (Wildman–Crippen LogP) is 2.83. The minimum atomic E-state index is -0.798. The first-order valence-electron chi connectivity index (χ1n) is 15.0. The van der Waals surface area contributed by atoms with Crippen molar-refractivity contribution in [3.63, 3.8) is 0 Å². The number of benzene rings is 2. The Morgan fingerprint density at radius 3 is 2.64 bits per heavy atom. The van der Waals surface area contributed by atoms with Gasteiger partial charge in [0.25, 0.3) is 5.91 Å². The third-order valence-electron chi connectivity index (χ3n) is 8.38. The van der Waals surface area contributed by atoms with Crippen LogP contribution in [0.1, 0.15) is 41.7 Å². The van der Waals surface area contributed by atoms with Gasteiger partial charge in [-0.25, -0.2) is 9.18 Å². The number of aldehydes is 1. The molecule has 0 bridgehead atoms. The van der Waals surface area contributed by atoms with Crippen LogP contribution in [0.15, 0.2) is 36.4 Å². The van der Waals surface area contributed by atoms with Gasteiger partial charge in [0.2, 0.25) is 5.91 Å². The lowest BCUT2D eigenvalue weighted by Gasteiger charge is -2.36. The van der Waals surface area contributed by atoms with Crippen LogP contribution in [0.4, 0.5) is 14.9 Å². The molecule has 12 nitrogen and oxygen atoms in total. The highest BCUT2D eigenvalue weighted by molar-refractivity contribution is 6.30. The van der Waals surface area contributed by atoms with Gasteiger partial charge in [0.05, 0.1) is 10.5 Å². The van der Waals surface area contributed by atoms with E-state index in [0.717, 1.165) is 25.7 Å². The Morgan fingerprint density at radius 1 is 1.18 bits per heavy atom. The largest absolute Gasteiger partial charge is 0.364 e. The molecule has 1 saturated heterocycles. The van der Waals surface area contributed by atoms with E-state index in [1.165, 1.54) is 15.6 Å². The number of likely N-dealkylation sites (tertiary alicyclic amines) is 1. The summed E-state index contributed by atoms with van der Waals surface area (Å²) in [4.78, 5) is 56.6. The van der Waals surface area contributed by atoms with Crippen molar-refractivity contribution in [2.45, 2.75) is 56.9 Å². The third-order valence-corrected chi connectivity index (χ3v) is 8.67. The molecule has 2 aromatic carbocycles. The van der Waals surface area contributed by atoms with Crippen molar-refractivity contribution in [1.29, 1.82) is 0 Å². The Morgan fingerprint density at radius 2 is 1.96 bits per heavy atom. The van der Waals surface area contributed by atoms with Gasteiger partial charge in [-0.1, -0.05) is 23.7 Å². The number of hydrogen-bond acceptors (Lipinski definition) is 7. The van der Waals surface area contributed by atoms with Crippen molar-refractivity contribution in [2.24, 2.45) is 5.73 Å². The molecule has 1 aromatic heterocycles. The number of aromatic nitrogens is 2. The lowest BCUT2D eigenvalue weighted by atomic mass is 10.1. The number of likely N-dealkylation sites (N-methyl/N-ethyl adjacent to an activating group) is 1. The molecule has 4 N–H and O–H groups in total. The highest BCUT2D eigenvalue weighted by atomic mass is 35.5. The SMILES string of the molecule is CN(C)C1CCCN(C(=O)Nc2ccc3c(c2)c(C(N)=O)nn3CC(=O)N(C(C=O)CNCc2cccc(Cl)c2F)C2CC2)C1. The van der Waals surface area contributed by atoms with E-state index in [0.29, 0.717) is 41.5 Å². The number of piperidine rings is 1. The van der Waals surface area contributed by atoms with Crippen molar-refractivity contribution >= 4 is 52.3 Å². The Bertz CT molecular complexity index is 1590. The average molecular weight is 641 g/mol. The van der Waals surface area contributed by atoms with Gasteiger partial charge in [0.15, 0.2) is 5.69 Å². The maximum Gasteiger partial charge on any atom is 0.321 e. The Hall–Kier alpha value is -4.07. The number of urea groups is 1. The normalized spacial score (nSPS) is 17.4. The predicted molar refractivity (Wildman–Crippen MR) is 168 cm³/mol. The van der Waals surface area contributed by atoms with E-state index in [2.05, 4.69) is 20.6 Å². The van der Waals surface area contributed by atoms with Crippen LogP contribution in [0.2, 0.25) is 5.02 Å². The highest BCUT2D eigenvalue weighted by Gasteiger charge is 2.37. The standard InChI is InChI=1S/C31H38ClFN8O4/c1-38(2)22-6-4-12-39(16-22)31(45)36-20-8-11-26-24(13-20)29(30(34)44)37-40(26)17-27(43)41(21-9-10-21)23(18-42)15-35-14-19-5-3-7-25(32)28(19)33/h3,5,7-8,11,13,18,21-23,35H,4,6,9-10,12,14-17H2,1-2H3,(H2,34,44)(H,36,45). The van der Waals surface area contributed by atoms with Crippen LogP contribution < -0.4 is 16.4 Å². The molecule has 4 amide bonds. The summed E-state index contributed by atoms with van der Waals surface area (Å²) in [5, 5.41) is 10.7. The molecule has 2 unspecified atom stereocenters. The molecule has 2 aliphatic rings. The summed E-state index contributed by atoms with van der Waals surface area (Å²) in [6.45, 7) is 1.26. The van der Waals surface area contributed by atoms with E-state index < -0.39 is 17.8 Å². The zero-order valence-corrected chi connectivity index (χ0v) is 26.1. The van der Waals surface area contributed by atoms with Crippen LogP contribution in [-0.2, 0) is 22.7 Å². The summed E-state index contributed by atoms with van der Waals surface area (Å²) in [5.74, 6) is -1.67. The summed E-state index contributed by atoms with van der Waals surface area (Å²) in [5.41, 5.74) is 6.91. The molecular formula is C31H38ClFN8O4. The van der Waals surface area contributed by atoms with E-state index in [1.54, 1.807) is 35.2 Å². The molecule has 240 valence electrons. The minimum absolute atomic E-state index is 0.00690. The Labute approximate surface area is 265 Å². The third kappa shape index (κ3) is 7.43. The van der Waals surface area contributed by atoms with Crippen LogP contribution >= 0.6 is 11.6 Å². The van der Waals surface area contributed by atoms with Gasteiger partial charge >= 0.3 is 6.03 Å². The topological polar surface area (TPSA) is 146 Å². The zero-order valence-electron chi connectivity index (χ0n) is 25.3. The second kappa shape index (κ2) is 13.9. The smallest absolute Gasteiger partial charge is 0.321 e. The van der Waals surface area contributed by atoms with Crippen LogP contribution in [0.5, 0.6) is 0 Å². The number of carbonyl (C=O) groups excluding carboxylic acids is 4. The first kappa shape index (κ1) is 32.3.